The van der Waals surface area contributed by atoms with Gasteiger partial charge in [-0.15, -0.1) is 0 Å². The van der Waals surface area contributed by atoms with Crippen molar-refractivity contribution in [3.8, 4) is 0 Å². The first-order valence-corrected chi connectivity index (χ1v) is 19.6. The van der Waals surface area contributed by atoms with Crippen molar-refractivity contribution < 1.29 is 63.3 Å². The first-order chi connectivity index (χ1) is 25.5. The van der Waals surface area contributed by atoms with Crippen LogP contribution in [0, 0.1) is 0 Å². The summed E-state index contributed by atoms with van der Waals surface area (Å²) < 4.78 is 100. The first-order valence-electron chi connectivity index (χ1n) is 20.6. The summed E-state index contributed by atoms with van der Waals surface area (Å²) in [4.78, 5) is 0. The van der Waals surface area contributed by atoms with E-state index >= 15 is 0 Å². The molecule has 53 heavy (non-hydrogen) atoms. The fraction of sp³-hybridized carbons (Fsp3) is 1.00. The van der Waals surface area contributed by atoms with Gasteiger partial charge in [-0.3, -0.25) is 0 Å². The Hall–Kier alpha value is -0.610. The fourth-order valence-electron chi connectivity index (χ4n) is 3.19. The van der Waals surface area contributed by atoms with Crippen LogP contribution in [0.15, 0.2) is 0 Å². The van der Waals surface area contributed by atoms with Gasteiger partial charge < -0.3 is 47.4 Å². The van der Waals surface area contributed by atoms with Crippen molar-refractivity contribution in [1.29, 1.82) is 0 Å². The van der Waals surface area contributed by atoms with Crippen LogP contribution in [0.5, 0.6) is 0 Å². The Kier molecular flexibility index (Phi) is 45.3. The average Bonchev–Trinajstić information content (AvgIpc) is 3.86. The van der Waals surface area contributed by atoms with E-state index in [9.17, 15) is 13.2 Å². The minimum atomic E-state index is -3.02. The highest BCUT2D eigenvalue weighted by molar-refractivity contribution is 4.72. The van der Waals surface area contributed by atoms with Gasteiger partial charge in [0.1, 0.15) is 0 Å². The number of hydrogen-bond acceptors (Lipinski definition) is 10. The summed E-state index contributed by atoms with van der Waals surface area (Å²) in [6.07, 6.45) is 4.32. The number of hydrogen-bond donors (Lipinski definition) is 0. The Morgan fingerprint density at radius 1 is 0.547 bits per heavy atom. The molecule has 0 spiro atoms. The molecule has 1 fully saturated rings. The second-order valence-electron chi connectivity index (χ2n) is 13.6. The highest BCUT2D eigenvalue weighted by Crippen LogP contribution is 2.23. The lowest BCUT2D eigenvalue weighted by molar-refractivity contribution is -0.225. The summed E-state index contributed by atoms with van der Waals surface area (Å²) in [6, 6.07) is 0. The maximum Gasteiger partial charge on any atom is 0.352 e. The Balaban J connectivity index is -0.000000297. The predicted octanol–water partition coefficient (Wildman–Crippen LogP) is 9.83. The molecule has 10 nitrogen and oxygen atoms in total. The molecule has 1 aliphatic rings. The summed E-state index contributed by atoms with van der Waals surface area (Å²) in [5, 5.41) is 0. The Bertz CT molecular complexity index is 679. The second-order valence-corrected chi connectivity index (χ2v) is 13.6. The molecule has 1 unspecified atom stereocenters. The summed E-state index contributed by atoms with van der Waals surface area (Å²) in [5.41, 5.74) is 0. The molecule has 0 heterocycles. The molecule has 0 radical (unpaired) electrons. The van der Waals surface area contributed by atoms with Gasteiger partial charge in [-0.1, -0.05) is 0 Å². The zero-order valence-electron chi connectivity index (χ0n) is 38.3. The van der Waals surface area contributed by atoms with Crippen LogP contribution >= 0.6 is 0 Å². The van der Waals surface area contributed by atoms with Crippen molar-refractivity contribution in [2.45, 2.75) is 184 Å². The quantitative estimate of drug-likeness (QED) is 0.0683. The van der Waals surface area contributed by atoms with Gasteiger partial charge in [-0.25, -0.2) is 4.39 Å². The zero-order chi connectivity index (χ0) is 43.1. The number of rotatable bonds is 29. The summed E-state index contributed by atoms with van der Waals surface area (Å²) in [6.45, 7) is 27.8. The first kappa shape index (κ1) is 54.5. The zero-order valence-corrected chi connectivity index (χ0v) is 36.3. The second kappa shape index (κ2) is 44.1. The Morgan fingerprint density at radius 2 is 0.887 bits per heavy atom. The van der Waals surface area contributed by atoms with E-state index in [0.29, 0.717) is 57.8 Å². The molecule has 0 N–H and O–H groups in total. The highest BCUT2D eigenvalue weighted by Gasteiger charge is 2.21. The number of halogens is 3. The topological polar surface area (TPSA) is 92.3 Å². The van der Waals surface area contributed by atoms with Crippen molar-refractivity contribution in [3.05, 3.63) is 0 Å². The van der Waals surface area contributed by atoms with Gasteiger partial charge in [0, 0.05) is 73.4 Å². The Morgan fingerprint density at radius 3 is 1.21 bits per heavy atom. The van der Waals surface area contributed by atoms with E-state index in [1.807, 2.05) is 55.4 Å². The minimum Gasteiger partial charge on any atom is -0.385 e. The molecule has 0 amide bonds. The molecule has 0 aliphatic heterocycles. The van der Waals surface area contributed by atoms with Crippen LogP contribution in [0.3, 0.4) is 0 Å². The van der Waals surface area contributed by atoms with Crippen molar-refractivity contribution in [1.82, 2.24) is 0 Å². The van der Waals surface area contributed by atoms with Crippen LogP contribution in [0.4, 0.5) is 13.2 Å². The molecule has 326 valence electrons. The molecule has 1 atom stereocenters. The van der Waals surface area contributed by atoms with Gasteiger partial charge in [-0.05, 0) is 128 Å². The normalized spacial score (nSPS) is 14.1. The standard InChI is InChI=1S/C9H18O2.C8H16F2O2.C8H17FO2.C8H18O2.C7H16O2/c1-8(2)10-6-3-7-11-9-4-5-9;1-7(2)11-5-4-6-12-8(3,9)10;1-7(2)10-5-4-6-11-8(3)9;1-4-9-6-5-7-10-8(2)3;1-7(2)9-6-4-5-8-3/h8-9H,3-7H2,1-2H3;7H,4-6H2,1-3H3;7-8H,4-6H2,1-3H3;8H,4-7H2,1-3H3;7H,4-6H2,1-3H3/i;;;4D2;. The van der Waals surface area contributed by atoms with E-state index in [0.717, 1.165) is 59.0 Å². The van der Waals surface area contributed by atoms with Gasteiger partial charge in [0.2, 0.25) is 0 Å². The number of alkyl halides is 3. The lowest BCUT2D eigenvalue weighted by Crippen LogP contribution is -2.17. The molecule has 1 aliphatic carbocycles. The van der Waals surface area contributed by atoms with E-state index in [4.69, 9.17) is 40.6 Å². The number of methoxy groups -OCH3 is 1. The van der Waals surface area contributed by atoms with Gasteiger partial charge in [0.05, 0.1) is 52.6 Å². The van der Waals surface area contributed by atoms with Gasteiger partial charge in [-0.2, -0.15) is 8.78 Å². The smallest absolute Gasteiger partial charge is 0.352 e. The van der Waals surface area contributed by atoms with E-state index in [1.165, 1.54) is 26.7 Å². The van der Waals surface area contributed by atoms with Crippen LogP contribution in [0.2, 0.25) is 0 Å². The van der Waals surface area contributed by atoms with Crippen LogP contribution in [-0.2, 0) is 47.4 Å². The van der Waals surface area contributed by atoms with Gasteiger partial charge >= 0.3 is 6.11 Å². The van der Waals surface area contributed by atoms with Crippen molar-refractivity contribution in [2.75, 3.05) is 79.7 Å². The van der Waals surface area contributed by atoms with Crippen molar-refractivity contribution in [2.24, 2.45) is 0 Å². The molecular weight excluding hydrogens is 697 g/mol. The summed E-state index contributed by atoms with van der Waals surface area (Å²) in [5.74, 6) is 0. The van der Waals surface area contributed by atoms with Crippen molar-refractivity contribution >= 4 is 0 Å². The average molecular weight is 785 g/mol. The van der Waals surface area contributed by atoms with Crippen LogP contribution in [0.1, 0.15) is 138 Å². The lowest BCUT2D eigenvalue weighted by Gasteiger charge is -2.11. The monoisotopic (exact) mass is 785 g/mol. The minimum absolute atomic E-state index is 0.0379. The lowest BCUT2D eigenvalue weighted by atomic mass is 10.4. The molecule has 0 bridgehead atoms. The van der Waals surface area contributed by atoms with E-state index in [-0.39, 0.29) is 24.9 Å². The molecule has 0 saturated heterocycles. The molecule has 0 aromatic heterocycles. The maximum atomic E-state index is 12.0. The molecule has 0 aromatic rings. The van der Waals surface area contributed by atoms with E-state index in [1.54, 1.807) is 7.11 Å². The molecule has 1 rings (SSSR count). The number of ether oxygens (including phenoxy) is 10. The summed E-state index contributed by atoms with van der Waals surface area (Å²) in [7, 11) is 1.70. The van der Waals surface area contributed by atoms with E-state index < -0.39 is 19.0 Å². The molecule has 1 saturated carbocycles. The third-order valence-corrected chi connectivity index (χ3v) is 5.73. The molecular formula is C40H85F3O10. The largest absolute Gasteiger partial charge is 0.385 e. The summed E-state index contributed by atoms with van der Waals surface area (Å²) >= 11 is 0. The highest BCUT2D eigenvalue weighted by atomic mass is 19.3. The predicted molar refractivity (Wildman–Crippen MR) is 209 cm³/mol. The Labute approximate surface area is 326 Å². The SMILES string of the molecule is CC(C)OCCCOC(C)(F)F.CC(C)OCCCOC(C)F.CC(C)OCCCOC1CC1.COCCCOC(C)C.[2H]C([2H])(C)OCCCOC(C)C. The van der Waals surface area contributed by atoms with Crippen LogP contribution < -0.4 is 0 Å². The van der Waals surface area contributed by atoms with Crippen molar-refractivity contribution in [3.63, 3.8) is 0 Å². The van der Waals surface area contributed by atoms with Crippen LogP contribution in [0.25, 0.3) is 0 Å². The molecule has 13 heteroatoms. The third-order valence-electron chi connectivity index (χ3n) is 5.73. The van der Waals surface area contributed by atoms with Crippen LogP contribution in [-0.4, -0.2) is 129 Å². The fourth-order valence-corrected chi connectivity index (χ4v) is 3.19. The van der Waals surface area contributed by atoms with Gasteiger partial charge in [0.25, 0.3) is 0 Å². The molecule has 0 aromatic carbocycles. The maximum absolute atomic E-state index is 12.0. The van der Waals surface area contributed by atoms with Gasteiger partial charge in [0.15, 0.2) is 6.36 Å². The van der Waals surface area contributed by atoms with E-state index in [2.05, 4.69) is 23.3 Å². The third kappa shape index (κ3) is 76.8.